The van der Waals surface area contributed by atoms with Crippen LogP contribution in [0.25, 0.3) is 10.8 Å². The molecule has 21 heavy (non-hydrogen) atoms. The predicted octanol–water partition coefficient (Wildman–Crippen LogP) is 3.40. The Bertz CT molecular complexity index is 881. The summed E-state index contributed by atoms with van der Waals surface area (Å²) in [7, 11) is 0. The molecule has 0 fully saturated rings. The number of rotatable bonds is 2. The van der Waals surface area contributed by atoms with E-state index in [2.05, 4.69) is 4.98 Å². The van der Waals surface area contributed by atoms with Gasteiger partial charge < -0.3 is 9.72 Å². The molecule has 0 aliphatic carbocycles. The van der Waals surface area contributed by atoms with Gasteiger partial charge in [0.1, 0.15) is 0 Å². The lowest BCUT2D eigenvalue weighted by molar-refractivity contribution is 0.0736. The summed E-state index contributed by atoms with van der Waals surface area (Å²) >= 11 is 5.90. The lowest BCUT2D eigenvalue weighted by Crippen LogP contribution is -2.12. The molecule has 0 aliphatic rings. The second-order valence-electron chi connectivity index (χ2n) is 4.43. The van der Waals surface area contributed by atoms with Gasteiger partial charge in [0, 0.05) is 12.3 Å². The van der Waals surface area contributed by atoms with Crippen molar-refractivity contribution in [1.29, 1.82) is 0 Å². The third-order valence-electron chi connectivity index (χ3n) is 3.05. The van der Waals surface area contributed by atoms with E-state index in [1.807, 2.05) is 30.3 Å². The highest BCUT2D eigenvalue weighted by atomic mass is 35.5. The Balaban J connectivity index is 2.01. The van der Waals surface area contributed by atoms with E-state index in [4.69, 9.17) is 16.3 Å². The highest BCUT2D eigenvalue weighted by molar-refractivity contribution is 6.32. The van der Waals surface area contributed by atoms with Crippen molar-refractivity contribution in [3.05, 3.63) is 75.7 Å². The molecule has 0 radical (unpaired) electrons. The number of hydrogen-bond donors (Lipinski definition) is 1. The average molecular weight is 300 g/mol. The quantitative estimate of drug-likeness (QED) is 0.738. The molecule has 0 saturated carbocycles. The molecule has 0 saturated heterocycles. The molecule has 0 spiro atoms. The maximum absolute atomic E-state index is 12.3. The maximum Gasteiger partial charge on any atom is 0.344 e. The first kappa shape index (κ1) is 13.4. The molecule has 5 heteroatoms. The van der Waals surface area contributed by atoms with Gasteiger partial charge in [-0.2, -0.15) is 0 Å². The molecule has 2 aromatic carbocycles. The van der Waals surface area contributed by atoms with Crippen molar-refractivity contribution >= 4 is 28.3 Å². The van der Waals surface area contributed by atoms with Crippen molar-refractivity contribution in [2.45, 2.75) is 0 Å². The summed E-state index contributed by atoms with van der Waals surface area (Å²) < 4.78 is 5.23. The number of esters is 1. The zero-order valence-electron chi connectivity index (χ0n) is 10.8. The lowest BCUT2D eigenvalue weighted by atomic mass is 10.1. The van der Waals surface area contributed by atoms with Crippen LogP contribution in [0.3, 0.4) is 0 Å². The van der Waals surface area contributed by atoms with Crippen LogP contribution in [0, 0.1) is 0 Å². The lowest BCUT2D eigenvalue weighted by Gasteiger charge is -2.08. The summed E-state index contributed by atoms with van der Waals surface area (Å²) in [6.07, 6.45) is 1.29. The first-order valence-corrected chi connectivity index (χ1v) is 6.61. The number of halogens is 1. The molecule has 1 N–H and O–H groups in total. The highest BCUT2D eigenvalue weighted by Gasteiger charge is 2.14. The fourth-order valence-electron chi connectivity index (χ4n) is 2.07. The third-order valence-corrected chi connectivity index (χ3v) is 3.35. The molecule has 104 valence electrons. The van der Waals surface area contributed by atoms with Crippen LogP contribution < -0.4 is 10.3 Å². The van der Waals surface area contributed by atoms with Gasteiger partial charge in [0.25, 0.3) is 5.56 Å². The van der Waals surface area contributed by atoms with Crippen molar-refractivity contribution in [3.8, 4) is 5.75 Å². The topological polar surface area (TPSA) is 59.2 Å². The van der Waals surface area contributed by atoms with Gasteiger partial charge in [0.2, 0.25) is 0 Å². The van der Waals surface area contributed by atoms with Crippen LogP contribution in [0.5, 0.6) is 5.75 Å². The number of aromatic nitrogens is 1. The first-order valence-electron chi connectivity index (χ1n) is 6.23. The molecular weight excluding hydrogens is 290 g/mol. The molecule has 0 unspecified atom stereocenters. The molecule has 3 aromatic rings. The van der Waals surface area contributed by atoms with Gasteiger partial charge in [0.15, 0.2) is 5.75 Å². The Morgan fingerprint density at radius 1 is 1.10 bits per heavy atom. The summed E-state index contributed by atoms with van der Waals surface area (Å²) in [5.74, 6) is -0.516. The van der Waals surface area contributed by atoms with E-state index < -0.39 is 5.97 Å². The number of aromatic amines is 1. The Morgan fingerprint density at radius 3 is 2.71 bits per heavy atom. The van der Waals surface area contributed by atoms with Gasteiger partial charge in [-0.25, -0.2) is 4.79 Å². The molecular formula is C16H10ClNO3. The first-order chi connectivity index (χ1) is 10.1. The minimum atomic E-state index is -0.556. The molecule has 4 nitrogen and oxygen atoms in total. The predicted molar refractivity (Wildman–Crippen MR) is 81.0 cm³/mol. The van der Waals surface area contributed by atoms with Gasteiger partial charge in [-0.1, -0.05) is 48.0 Å². The fourth-order valence-corrected chi connectivity index (χ4v) is 2.22. The van der Waals surface area contributed by atoms with Crippen LogP contribution in [0.4, 0.5) is 0 Å². The number of benzene rings is 2. The van der Waals surface area contributed by atoms with Crippen molar-refractivity contribution < 1.29 is 9.53 Å². The number of H-pyrrole nitrogens is 1. The number of nitrogens with one attached hydrogen (secondary N) is 1. The van der Waals surface area contributed by atoms with E-state index in [0.29, 0.717) is 5.56 Å². The van der Waals surface area contributed by atoms with Crippen LogP contribution in [0.15, 0.2) is 59.5 Å². The number of carbonyl (C=O) groups is 1. The minimum Gasteiger partial charge on any atom is -0.421 e. The number of carbonyl (C=O) groups excluding carboxylic acids is 1. The molecule has 1 aromatic heterocycles. The Hall–Kier alpha value is -2.59. The van der Waals surface area contributed by atoms with Crippen molar-refractivity contribution in [2.75, 3.05) is 0 Å². The van der Waals surface area contributed by atoms with Gasteiger partial charge >= 0.3 is 5.97 Å². The second-order valence-corrected chi connectivity index (χ2v) is 4.83. The van der Waals surface area contributed by atoms with Gasteiger partial charge in [0.05, 0.1) is 10.6 Å². The SMILES string of the molecule is O=C(Oc1cc(=O)[nH]cc1Cl)c1cccc2ccccc12. The molecule has 0 atom stereocenters. The molecule has 1 heterocycles. The fraction of sp³-hybridized carbons (Fsp3) is 0. The van der Waals surface area contributed by atoms with E-state index in [1.54, 1.807) is 12.1 Å². The van der Waals surface area contributed by atoms with E-state index in [1.165, 1.54) is 6.20 Å². The second kappa shape index (κ2) is 5.42. The summed E-state index contributed by atoms with van der Waals surface area (Å²) in [6, 6.07) is 14.0. The van der Waals surface area contributed by atoms with Crippen LogP contribution in [0.2, 0.25) is 5.02 Å². The van der Waals surface area contributed by atoms with E-state index in [0.717, 1.165) is 16.8 Å². The standard InChI is InChI=1S/C16H10ClNO3/c17-13-9-18-15(19)8-14(13)21-16(20)12-7-3-5-10-4-1-2-6-11(10)12/h1-9H,(H,18,19). The summed E-state index contributed by atoms with van der Waals surface area (Å²) in [5, 5.41) is 1.89. The molecule has 3 rings (SSSR count). The Labute approximate surface area is 124 Å². The highest BCUT2D eigenvalue weighted by Crippen LogP contribution is 2.24. The molecule has 0 bridgehead atoms. The third kappa shape index (κ3) is 2.66. The van der Waals surface area contributed by atoms with Crippen LogP contribution in [-0.2, 0) is 0 Å². The van der Waals surface area contributed by atoms with Crippen molar-refractivity contribution in [3.63, 3.8) is 0 Å². The van der Waals surface area contributed by atoms with Gasteiger partial charge in [-0.05, 0) is 16.8 Å². The monoisotopic (exact) mass is 299 g/mol. The maximum atomic E-state index is 12.3. The number of ether oxygens (including phenoxy) is 1. The Morgan fingerprint density at radius 2 is 1.86 bits per heavy atom. The Kier molecular flexibility index (Phi) is 3.46. The van der Waals surface area contributed by atoms with E-state index >= 15 is 0 Å². The summed E-state index contributed by atoms with van der Waals surface area (Å²) in [4.78, 5) is 26.0. The van der Waals surface area contributed by atoms with Gasteiger partial charge in [-0.3, -0.25) is 4.79 Å². The van der Waals surface area contributed by atoms with Crippen molar-refractivity contribution in [1.82, 2.24) is 4.98 Å². The largest absolute Gasteiger partial charge is 0.421 e. The van der Waals surface area contributed by atoms with Crippen LogP contribution >= 0.6 is 11.6 Å². The smallest absolute Gasteiger partial charge is 0.344 e. The zero-order chi connectivity index (χ0) is 14.8. The summed E-state index contributed by atoms with van der Waals surface area (Å²) in [6.45, 7) is 0. The minimum absolute atomic E-state index is 0.0401. The number of pyridine rings is 1. The molecule has 0 amide bonds. The number of fused-ring (bicyclic) bond motifs is 1. The zero-order valence-corrected chi connectivity index (χ0v) is 11.6. The van der Waals surface area contributed by atoms with Gasteiger partial charge in [-0.15, -0.1) is 0 Å². The van der Waals surface area contributed by atoms with Crippen molar-refractivity contribution in [2.24, 2.45) is 0 Å². The summed E-state index contributed by atoms with van der Waals surface area (Å²) in [5.41, 5.74) is 0.0320. The van der Waals surface area contributed by atoms with E-state index in [-0.39, 0.29) is 16.3 Å². The number of hydrogen-bond acceptors (Lipinski definition) is 3. The van der Waals surface area contributed by atoms with Crippen LogP contribution in [0.1, 0.15) is 10.4 Å². The molecule has 0 aliphatic heterocycles. The average Bonchev–Trinajstić information content (AvgIpc) is 2.50. The normalized spacial score (nSPS) is 10.5. The van der Waals surface area contributed by atoms with E-state index in [9.17, 15) is 9.59 Å². The van der Waals surface area contributed by atoms with Crippen LogP contribution in [-0.4, -0.2) is 11.0 Å².